The minimum Gasteiger partial charge on any atom is -0.406 e. The summed E-state index contributed by atoms with van der Waals surface area (Å²) in [7, 11) is -5.28. The predicted molar refractivity (Wildman–Crippen MR) is 72.5 cm³/mol. The molecule has 0 fully saturated rings. The van der Waals surface area contributed by atoms with Gasteiger partial charge in [-0.3, -0.25) is 0 Å². The van der Waals surface area contributed by atoms with Crippen molar-refractivity contribution in [3.8, 4) is 0 Å². The van der Waals surface area contributed by atoms with Gasteiger partial charge in [-0.05, 0) is 18.1 Å². The zero-order valence-electron chi connectivity index (χ0n) is 11.6. The molecule has 0 radical (unpaired) electrons. The molecule has 4 nitrogen and oxygen atoms in total. The summed E-state index contributed by atoms with van der Waals surface area (Å²) >= 11 is 0. The standard InChI is InChI=1S/C11H24O4SSi/c1-7-16(13,14)9-10(8-12)15-17(5,6)11(2,3)4/h8,10H,7,9H2,1-6H3/t10-/m0/s1. The summed E-state index contributed by atoms with van der Waals surface area (Å²) in [6, 6.07) is 0. The highest BCUT2D eigenvalue weighted by atomic mass is 32.2. The van der Waals surface area contributed by atoms with E-state index in [2.05, 4.69) is 20.8 Å². The molecule has 1 atom stereocenters. The molecule has 0 aliphatic rings. The highest BCUT2D eigenvalue weighted by Gasteiger charge is 2.39. The molecule has 0 saturated heterocycles. The summed E-state index contributed by atoms with van der Waals surface area (Å²) in [6.45, 7) is 11.7. The van der Waals surface area contributed by atoms with E-state index in [4.69, 9.17) is 4.43 Å². The van der Waals surface area contributed by atoms with Crippen LogP contribution in [-0.2, 0) is 19.1 Å². The molecule has 0 spiro atoms. The molecule has 0 amide bonds. The van der Waals surface area contributed by atoms with Gasteiger partial charge in [-0.25, -0.2) is 8.42 Å². The highest BCUT2D eigenvalue weighted by Crippen LogP contribution is 2.37. The molecule has 0 heterocycles. The molecule has 0 aromatic carbocycles. The van der Waals surface area contributed by atoms with Crippen LogP contribution in [-0.4, -0.2) is 40.6 Å². The summed E-state index contributed by atoms with van der Waals surface area (Å²) in [5.74, 6) is -0.169. The summed E-state index contributed by atoms with van der Waals surface area (Å²) in [4.78, 5) is 10.9. The van der Waals surface area contributed by atoms with Gasteiger partial charge in [0, 0.05) is 5.75 Å². The van der Waals surface area contributed by atoms with Crippen molar-refractivity contribution in [1.82, 2.24) is 0 Å². The Morgan fingerprint density at radius 1 is 1.29 bits per heavy atom. The van der Waals surface area contributed by atoms with Crippen LogP contribution in [0.2, 0.25) is 18.1 Å². The molecule has 102 valence electrons. The average molecular weight is 280 g/mol. The van der Waals surface area contributed by atoms with Crippen LogP contribution >= 0.6 is 0 Å². The van der Waals surface area contributed by atoms with Crippen LogP contribution in [0.1, 0.15) is 27.7 Å². The lowest BCUT2D eigenvalue weighted by Gasteiger charge is -2.37. The van der Waals surface area contributed by atoms with E-state index in [0.29, 0.717) is 6.29 Å². The van der Waals surface area contributed by atoms with Gasteiger partial charge in [-0.15, -0.1) is 0 Å². The maximum atomic E-state index is 11.5. The Morgan fingerprint density at radius 2 is 1.76 bits per heavy atom. The Kier molecular flexibility index (Phi) is 5.56. The fourth-order valence-corrected chi connectivity index (χ4v) is 3.28. The van der Waals surface area contributed by atoms with Crippen LogP contribution in [0.25, 0.3) is 0 Å². The minimum absolute atomic E-state index is 0.0375. The Labute approximate surface area is 106 Å². The van der Waals surface area contributed by atoms with Crippen LogP contribution in [0, 0.1) is 0 Å². The Balaban J connectivity index is 4.80. The lowest BCUT2D eigenvalue weighted by molar-refractivity contribution is -0.113. The van der Waals surface area contributed by atoms with E-state index in [0.717, 1.165) is 0 Å². The van der Waals surface area contributed by atoms with Crippen molar-refractivity contribution in [3.63, 3.8) is 0 Å². The van der Waals surface area contributed by atoms with Crippen LogP contribution < -0.4 is 0 Å². The summed E-state index contributed by atoms with van der Waals surface area (Å²) in [6.07, 6.45) is -0.228. The van der Waals surface area contributed by atoms with Crippen molar-refractivity contribution in [2.45, 2.75) is 51.9 Å². The largest absolute Gasteiger partial charge is 0.406 e. The second-order valence-corrected chi connectivity index (χ2v) is 12.9. The van der Waals surface area contributed by atoms with Gasteiger partial charge in [0.05, 0.1) is 5.75 Å². The first kappa shape index (κ1) is 16.8. The van der Waals surface area contributed by atoms with E-state index in [1.54, 1.807) is 6.92 Å². The van der Waals surface area contributed by atoms with Crippen molar-refractivity contribution < 1.29 is 17.6 Å². The molecule has 0 unspecified atom stereocenters. The van der Waals surface area contributed by atoms with E-state index >= 15 is 0 Å². The van der Waals surface area contributed by atoms with E-state index in [1.165, 1.54) is 0 Å². The number of hydrogen-bond acceptors (Lipinski definition) is 4. The monoisotopic (exact) mass is 280 g/mol. The first-order valence-electron chi connectivity index (χ1n) is 5.78. The SMILES string of the molecule is CCS(=O)(=O)C[C@H](C=O)O[Si](C)(C)C(C)(C)C. The van der Waals surface area contributed by atoms with E-state index in [9.17, 15) is 13.2 Å². The van der Waals surface area contributed by atoms with Crippen molar-refractivity contribution in [2.24, 2.45) is 0 Å². The quantitative estimate of drug-likeness (QED) is 0.551. The smallest absolute Gasteiger partial charge is 0.193 e. The Morgan fingerprint density at radius 3 is 2.06 bits per heavy atom. The maximum absolute atomic E-state index is 11.5. The van der Waals surface area contributed by atoms with Gasteiger partial charge in [-0.1, -0.05) is 27.7 Å². The Bertz CT molecular complexity index is 354. The zero-order chi connectivity index (χ0) is 13.9. The molecule has 0 aromatic rings. The predicted octanol–water partition coefficient (Wildman–Crippen LogP) is 2.01. The van der Waals surface area contributed by atoms with Gasteiger partial charge in [0.2, 0.25) is 0 Å². The van der Waals surface area contributed by atoms with Gasteiger partial charge in [-0.2, -0.15) is 0 Å². The average Bonchev–Trinajstić information content (AvgIpc) is 2.14. The first-order valence-corrected chi connectivity index (χ1v) is 10.5. The summed E-state index contributed by atoms with van der Waals surface area (Å²) in [5.41, 5.74) is 0. The first-order chi connectivity index (χ1) is 7.45. The van der Waals surface area contributed by atoms with Gasteiger partial charge < -0.3 is 9.22 Å². The second kappa shape index (κ2) is 5.62. The maximum Gasteiger partial charge on any atom is 0.193 e. The lowest BCUT2D eigenvalue weighted by atomic mass is 10.2. The van der Waals surface area contributed by atoms with E-state index < -0.39 is 24.3 Å². The van der Waals surface area contributed by atoms with Crippen molar-refractivity contribution in [2.75, 3.05) is 11.5 Å². The topological polar surface area (TPSA) is 60.4 Å². The molecule has 0 aliphatic carbocycles. The third-order valence-corrected chi connectivity index (χ3v) is 9.48. The fraction of sp³-hybridized carbons (Fsp3) is 0.909. The van der Waals surface area contributed by atoms with E-state index in [-0.39, 0.29) is 16.5 Å². The molecule has 0 aliphatic heterocycles. The molecule has 0 saturated carbocycles. The van der Waals surface area contributed by atoms with Crippen molar-refractivity contribution in [1.29, 1.82) is 0 Å². The molecule has 0 bridgehead atoms. The second-order valence-electron chi connectivity index (χ2n) is 5.75. The van der Waals surface area contributed by atoms with Crippen LogP contribution in [0.3, 0.4) is 0 Å². The fourth-order valence-electron chi connectivity index (χ4n) is 1.02. The number of carbonyl (C=O) groups is 1. The van der Waals surface area contributed by atoms with Crippen LogP contribution in [0.5, 0.6) is 0 Å². The third-order valence-electron chi connectivity index (χ3n) is 3.26. The van der Waals surface area contributed by atoms with Gasteiger partial charge >= 0.3 is 0 Å². The zero-order valence-corrected chi connectivity index (χ0v) is 13.4. The minimum atomic E-state index is -3.18. The third kappa shape index (κ3) is 5.31. The normalized spacial score (nSPS) is 15.6. The lowest BCUT2D eigenvalue weighted by Crippen LogP contribution is -2.46. The number of rotatable bonds is 6. The van der Waals surface area contributed by atoms with Gasteiger partial charge in [0.25, 0.3) is 0 Å². The van der Waals surface area contributed by atoms with E-state index in [1.807, 2.05) is 13.1 Å². The molecule has 6 heteroatoms. The summed E-state index contributed by atoms with van der Waals surface area (Å²) < 4.78 is 28.7. The molecular weight excluding hydrogens is 256 g/mol. The molecule has 0 aromatic heterocycles. The van der Waals surface area contributed by atoms with Crippen molar-refractivity contribution in [3.05, 3.63) is 0 Å². The van der Waals surface area contributed by atoms with Crippen molar-refractivity contribution >= 4 is 24.4 Å². The summed E-state index contributed by atoms with van der Waals surface area (Å²) in [5, 5.41) is -0.0375. The van der Waals surface area contributed by atoms with Gasteiger partial charge in [0.1, 0.15) is 12.4 Å². The molecule has 0 N–H and O–H groups in total. The number of carbonyl (C=O) groups excluding carboxylic acids is 1. The van der Waals surface area contributed by atoms with Crippen LogP contribution in [0.15, 0.2) is 0 Å². The highest BCUT2D eigenvalue weighted by molar-refractivity contribution is 7.91. The Hall–Kier alpha value is -0.203. The molecule has 0 rings (SSSR count). The number of sulfone groups is 1. The molecule has 17 heavy (non-hydrogen) atoms. The number of aldehydes is 1. The number of hydrogen-bond donors (Lipinski definition) is 0. The molecular formula is C11H24O4SSi. The van der Waals surface area contributed by atoms with Gasteiger partial charge in [0.15, 0.2) is 18.2 Å². The van der Waals surface area contributed by atoms with Crippen LogP contribution in [0.4, 0.5) is 0 Å².